The van der Waals surface area contributed by atoms with Crippen molar-refractivity contribution in [1.29, 1.82) is 0 Å². The molecule has 0 radical (unpaired) electrons. The maximum atomic E-state index is 12.5. The van der Waals surface area contributed by atoms with Crippen LogP contribution in [-0.2, 0) is 0 Å². The molecule has 3 heterocycles. The van der Waals surface area contributed by atoms with E-state index in [1.165, 1.54) is 17.8 Å². The predicted molar refractivity (Wildman–Crippen MR) is 92.4 cm³/mol. The van der Waals surface area contributed by atoms with Gasteiger partial charge in [0.1, 0.15) is 5.69 Å². The largest absolute Gasteiger partial charge is 0.341 e. The first-order chi connectivity index (χ1) is 11.0. The van der Waals surface area contributed by atoms with E-state index in [0.717, 1.165) is 42.2 Å². The molecule has 0 aromatic carbocycles. The van der Waals surface area contributed by atoms with E-state index >= 15 is 0 Å². The van der Waals surface area contributed by atoms with E-state index in [1.54, 1.807) is 6.07 Å². The molecule has 0 bridgehead atoms. The lowest BCUT2D eigenvalue weighted by molar-refractivity contribution is 0.102. The summed E-state index contributed by atoms with van der Waals surface area (Å²) in [6.45, 7) is 7.73. The molecular weight excluding hydrogens is 310 g/mol. The third kappa shape index (κ3) is 3.67. The molecule has 0 atom stereocenters. The lowest BCUT2D eigenvalue weighted by Gasteiger charge is -2.27. The molecule has 1 aliphatic rings. The summed E-state index contributed by atoms with van der Waals surface area (Å²) in [5.74, 6) is 0.420. The second kappa shape index (κ2) is 6.62. The maximum absolute atomic E-state index is 12.5. The van der Waals surface area contributed by atoms with Gasteiger partial charge < -0.3 is 4.90 Å². The Kier molecular flexibility index (Phi) is 4.56. The molecule has 2 aromatic rings. The standard InChI is InChI=1S/C16H21N5OS/c1-10-9-13(14(22)20-16-18-11(2)12(3)23-16)19-15(17-10)21-7-5-4-6-8-21/h9H,4-8H2,1-3H3,(H,18,20,22). The first kappa shape index (κ1) is 15.9. The molecule has 0 aliphatic carbocycles. The zero-order valence-corrected chi connectivity index (χ0v) is 14.5. The van der Waals surface area contributed by atoms with Crippen molar-refractivity contribution < 1.29 is 4.79 Å². The van der Waals surface area contributed by atoms with Crippen LogP contribution >= 0.6 is 11.3 Å². The molecule has 1 fully saturated rings. The molecule has 122 valence electrons. The third-order valence-corrected chi connectivity index (χ3v) is 4.95. The molecule has 1 saturated heterocycles. The number of rotatable bonds is 3. The molecule has 1 N–H and O–H groups in total. The van der Waals surface area contributed by atoms with Gasteiger partial charge in [-0.1, -0.05) is 0 Å². The Morgan fingerprint density at radius 1 is 1.13 bits per heavy atom. The van der Waals surface area contributed by atoms with Crippen molar-refractivity contribution in [2.24, 2.45) is 0 Å². The minimum absolute atomic E-state index is 0.234. The van der Waals surface area contributed by atoms with Gasteiger partial charge in [-0.15, -0.1) is 11.3 Å². The van der Waals surface area contributed by atoms with Crippen LogP contribution in [0.1, 0.15) is 46.0 Å². The number of aryl methyl sites for hydroxylation is 3. The molecule has 1 amide bonds. The van der Waals surface area contributed by atoms with Crippen molar-refractivity contribution in [3.05, 3.63) is 28.0 Å². The number of aromatic nitrogens is 3. The van der Waals surface area contributed by atoms with Gasteiger partial charge in [0.2, 0.25) is 5.95 Å². The first-order valence-electron chi connectivity index (χ1n) is 7.89. The topological polar surface area (TPSA) is 71.0 Å². The van der Waals surface area contributed by atoms with Gasteiger partial charge in [-0.25, -0.2) is 15.0 Å². The average Bonchev–Trinajstić information content (AvgIpc) is 2.85. The summed E-state index contributed by atoms with van der Waals surface area (Å²) in [5.41, 5.74) is 2.14. The fourth-order valence-corrected chi connectivity index (χ4v) is 3.40. The van der Waals surface area contributed by atoms with Gasteiger partial charge in [-0.05, 0) is 46.1 Å². The molecule has 23 heavy (non-hydrogen) atoms. The van der Waals surface area contributed by atoms with E-state index in [9.17, 15) is 4.79 Å². The maximum Gasteiger partial charge on any atom is 0.276 e. The summed E-state index contributed by atoms with van der Waals surface area (Å²) in [7, 11) is 0. The highest BCUT2D eigenvalue weighted by molar-refractivity contribution is 7.15. The van der Waals surface area contributed by atoms with Crippen LogP contribution in [0.25, 0.3) is 0 Å². The number of carbonyl (C=O) groups excluding carboxylic acids is 1. The van der Waals surface area contributed by atoms with E-state index in [0.29, 0.717) is 16.8 Å². The number of hydrogen-bond donors (Lipinski definition) is 1. The van der Waals surface area contributed by atoms with Crippen LogP contribution < -0.4 is 10.2 Å². The van der Waals surface area contributed by atoms with Gasteiger partial charge >= 0.3 is 0 Å². The number of hydrogen-bond acceptors (Lipinski definition) is 6. The van der Waals surface area contributed by atoms with E-state index in [-0.39, 0.29) is 5.91 Å². The summed E-state index contributed by atoms with van der Waals surface area (Å²) in [6, 6.07) is 1.72. The van der Waals surface area contributed by atoms with Crippen LogP contribution in [0.2, 0.25) is 0 Å². The quantitative estimate of drug-likeness (QED) is 0.936. The van der Waals surface area contributed by atoms with Crippen LogP contribution in [0.3, 0.4) is 0 Å². The van der Waals surface area contributed by atoms with Gasteiger partial charge in [0.05, 0.1) is 5.69 Å². The summed E-state index contributed by atoms with van der Waals surface area (Å²) in [5, 5.41) is 3.45. The highest BCUT2D eigenvalue weighted by Gasteiger charge is 2.18. The van der Waals surface area contributed by atoms with Gasteiger partial charge in [-0.3, -0.25) is 10.1 Å². The lowest BCUT2D eigenvalue weighted by Crippen LogP contribution is -2.31. The van der Waals surface area contributed by atoms with E-state index in [4.69, 9.17) is 0 Å². The monoisotopic (exact) mass is 331 g/mol. The number of piperidine rings is 1. The van der Waals surface area contributed by atoms with Crippen molar-refractivity contribution >= 4 is 28.3 Å². The molecule has 0 unspecified atom stereocenters. The molecule has 2 aromatic heterocycles. The lowest BCUT2D eigenvalue weighted by atomic mass is 10.1. The molecular formula is C16H21N5OS. The van der Waals surface area contributed by atoms with Crippen molar-refractivity contribution in [2.75, 3.05) is 23.3 Å². The summed E-state index contributed by atoms with van der Waals surface area (Å²) < 4.78 is 0. The summed E-state index contributed by atoms with van der Waals surface area (Å²) >= 11 is 1.48. The van der Waals surface area contributed by atoms with Crippen LogP contribution in [0.5, 0.6) is 0 Å². The minimum atomic E-state index is -0.234. The molecule has 1 aliphatic heterocycles. The smallest absolute Gasteiger partial charge is 0.276 e. The number of anilines is 2. The van der Waals surface area contributed by atoms with Crippen LogP contribution in [-0.4, -0.2) is 33.9 Å². The SMILES string of the molecule is Cc1cc(C(=O)Nc2nc(C)c(C)s2)nc(N2CCCCC2)n1. The number of nitrogens with zero attached hydrogens (tertiary/aromatic N) is 4. The Labute approximate surface area is 140 Å². The van der Waals surface area contributed by atoms with Crippen LogP contribution in [0.4, 0.5) is 11.1 Å². The Bertz CT molecular complexity index is 702. The number of nitrogens with one attached hydrogen (secondary N) is 1. The normalized spacial score (nSPS) is 14.8. The average molecular weight is 331 g/mol. The zero-order valence-electron chi connectivity index (χ0n) is 13.7. The molecule has 7 heteroatoms. The van der Waals surface area contributed by atoms with Crippen LogP contribution in [0.15, 0.2) is 6.07 Å². The zero-order chi connectivity index (χ0) is 16.4. The van der Waals surface area contributed by atoms with Crippen molar-refractivity contribution in [1.82, 2.24) is 15.0 Å². The van der Waals surface area contributed by atoms with E-state index in [1.807, 2.05) is 20.8 Å². The molecule has 6 nitrogen and oxygen atoms in total. The number of amides is 1. The van der Waals surface area contributed by atoms with Gasteiger partial charge in [0.25, 0.3) is 5.91 Å². The summed E-state index contributed by atoms with van der Waals surface area (Å²) in [6.07, 6.45) is 3.55. The highest BCUT2D eigenvalue weighted by Crippen LogP contribution is 2.22. The Balaban J connectivity index is 1.80. The van der Waals surface area contributed by atoms with Crippen molar-refractivity contribution in [3.63, 3.8) is 0 Å². The van der Waals surface area contributed by atoms with Crippen LogP contribution in [0, 0.1) is 20.8 Å². The predicted octanol–water partition coefficient (Wildman–Crippen LogP) is 3.10. The highest BCUT2D eigenvalue weighted by atomic mass is 32.1. The first-order valence-corrected chi connectivity index (χ1v) is 8.70. The Morgan fingerprint density at radius 2 is 1.87 bits per heavy atom. The van der Waals surface area contributed by atoms with E-state index in [2.05, 4.69) is 25.2 Å². The van der Waals surface area contributed by atoms with Crippen molar-refractivity contribution in [2.45, 2.75) is 40.0 Å². The fraction of sp³-hybridized carbons (Fsp3) is 0.500. The Hall–Kier alpha value is -2.02. The number of thiazole rings is 1. The fourth-order valence-electron chi connectivity index (χ4n) is 2.59. The minimum Gasteiger partial charge on any atom is -0.341 e. The Morgan fingerprint density at radius 3 is 2.52 bits per heavy atom. The molecule has 3 rings (SSSR count). The van der Waals surface area contributed by atoms with Gasteiger partial charge in [0, 0.05) is 23.7 Å². The second-order valence-corrected chi connectivity index (χ2v) is 7.06. The third-order valence-electron chi connectivity index (χ3n) is 3.96. The van der Waals surface area contributed by atoms with Crippen molar-refractivity contribution in [3.8, 4) is 0 Å². The van der Waals surface area contributed by atoms with Gasteiger partial charge in [0.15, 0.2) is 5.13 Å². The summed E-state index contributed by atoms with van der Waals surface area (Å²) in [4.78, 5) is 29.0. The number of carbonyl (C=O) groups is 1. The van der Waals surface area contributed by atoms with E-state index < -0.39 is 0 Å². The second-order valence-electron chi connectivity index (χ2n) is 5.86. The molecule has 0 saturated carbocycles. The molecule has 0 spiro atoms. The van der Waals surface area contributed by atoms with Gasteiger partial charge in [-0.2, -0.15) is 0 Å².